The lowest BCUT2D eigenvalue weighted by molar-refractivity contribution is 0.330. The van der Waals surface area contributed by atoms with Gasteiger partial charge in [-0.25, -0.2) is 4.39 Å². The Bertz CT molecular complexity index is 394. The van der Waals surface area contributed by atoms with Crippen LogP contribution in [0, 0.1) is 11.2 Å². The van der Waals surface area contributed by atoms with Gasteiger partial charge in [-0.1, -0.05) is 46.6 Å². The van der Waals surface area contributed by atoms with E-state index in [0.29, 0.717) is 4.83 Å². The maximum atomic E-state index is 13.8. The molecular weight excluding hydrogens is 290 g/mol. The first-order valence-electron chi connectivity index (χ1n) is 5.57. The smallest absolute Gasteiger partial charge is 0.144 e. The van der Waals surface area contributed by atoms with Gasteiger partial charge in [0.05, 0.1) is 5.02 Å². The summed E-state index contributed by atoms with van der Waals surface area (Å²) in [5.74, 6) is -0.247. The van der Waals surface area contributed by atoms with Gasteiger partial charge in [-0.05, 0) is 42.7 Å². The molecule has 88 valence electrons. The van der Waals surface area contributed by atoms with Crippen molar-refractivity contribution in [2.75, 3.05) is 0 Å². The van der Waals surface area contributed by atoms with E-state index < -0.39 is 0 Å². The molecule has 1 fully saturated rings. The van der Waals surface area contributed by atoms with Gasteiger partial charge in [0.1, 0.15) is 5.82 Å². The van der Waals surface area contributed by atoms with Crippen LogP contribution in [0.1, 0.15) is 31.7 Å². The van der Waals surface area contributed by atoms with Crippen molar-refractivity contribution in [3.63, 3.8) is 0 Å². The Kier molecular flexibility index (Phi) is 3.60. The zero-order valence-electron chi connectivity index (χ0n) is 9.27. The Labute approximate surface area is 109 Å². The maximum absolute atomic E-state index is 13.8. The van der Waals surface area contributed by atoms with Gasteiger partial charge in [0.15, 0.2) is 0 Å². The Morgan fingerprint density at radius 3 is 2.94 bits per heavy atom. The minimum Gasteiger partial charge on any atom is -0.205 e. The van der Waals surface area contributed by atoms with E-state index in [1.54, 1.807) is 6.07 Å². The number of hydrogen-bond donors (Lipinski definition) is 0. The summed E-state index contributed by atoms with van der Waals surface area (Å²) >= 11 is 9.43. The largest absolute Gasteiger partial charge is 0.205 e. The number of hydrogen-bond acceptors (Lipinski definition) is 0. The maximum Gasteiger partial charge on any atom is 0.144 e. The van der Waals surface area contributed by atoms with Crippen molar-refractivity contribution in [1.29, 1.82) is 0 Å². The van der Waals surface area contributed by atoms with Crippen molar-refractivity contribution in [2.45, 2.75) is 37.4 Å². The number of rotatable bonds is 2. The first kappa shape index (κ1) is 12.4. The van der Waals surface area contributed by atoms with Crippen LogP contribution >= 0.6 is 27.5 Å². The zero-order valence-corrected chi connectivity index (χ0v) is 11.6. The summed E-state index contributed by atoms with van der Waals surface area (Å²) in [7, 11) is 0. The molecule has 0 nitrogen and oxygen atoms in total. The second kappa shape index (κ2) is 4.66. The second-order valence-electron chi connectivity index (χ2n) is 5.04. The fourth-order valence-corrected chi connectivity index (χ4v) is 3.75. The summed E-state index contributed by atoms with van der Waals surface area (Å²) in [6.45, 7) is 2.23. The monoisotopic (exact) mass is 304 g/mol. The van der Waals surface area contributed by atoms with Crippen molar-refractivity contribution in [3.8, 4) is 0 Å². The number of alkyl halides is 1. The summed E-state index contributed by atoms with van der Waals surface area (Å²) in [6, 6.07) is 5.27. The predicted molar refractivity (Wildman–Crippen MR) is 69.8 cm³/mol. The van der Waals surface area contributed by atoms with Crippen molar-refractivity contribution < 1.29 is 4.39 Å². The van der Waals surface area contributed by atoms with Gasteiger partial charge in [-0.2, -0.15) is 0 Å². The van der Waals surface area contributed by atoms with E-state index in [4.69, 9.17) is 11.6 Å². The Balaban J connectivity index is 2.18. The molecule has 0 amide bonds. The Morgan fingerprint density at radius 2 is 2.31 bits per heavy atom. The molecule has 0 spiro atoms. The van der Waals surface area contributed by atoms with Crippen molar-refractivity contribution in [3.05, 3.63) is 34.6 Å². The first-order valence-corrected chi connectivity index (χ1v) is 6.86. The Morgan fingerprint density at radius 1 is 1.56 bits per heavy atom. The van der Waals surface area contributed by atoms with Crippen LogP contribution in [-0.2, 0) is 6.42 Å². The van der Waals surface area contributed by atoms with Gasteiger partial charge in [0, 0.05) is 4.83 Å². The third kappa shape index (κ3) is 2.60. The predicted octanol–water partition coefficient (Wildman–Crippen LogP) is 4.98. The lowest BCUT2D eigenvalue weighted by Crippen LogP contribution is -2.16. The van der Waals surface area contributed by atoms with Crippen molar-refractivity contribution in [2.24, 2.45) is 5.41 Å². The minimum atomic E-state index is -0.247. The summed E-state index contributed by atoms with van der Waals surface area (Å²) in [4.78, 5) is 0.583. The van der Waals surface area contributed by atoms with Gasteiger partial charge in [-0.15, -0.1) is 0 Å². The van der Waals surface area contributed by atoms with Crippen LogP contribution in [-0.4, -0.2) is 4.83 Å². The highest BCUT2D eigenvalue weighted by molar-refractivity contribution is 9.09. The zero-order chi connectivity index (χ0) is 11.8. The van der Waals surface area contributed by atoms with E-state index >= 15 is 0 Å². The number of halogens is 3. The molecule has 0 heterocycles. The fraction of sp³-hybridized carbons (Fsp3) is 0.538. The molecule has 1 aromatic carbocycles. The molecule has 16 heavy (non-hydrogen) atoms. The van der Waals surface area contributed by atoms with Crippen molar-refractivity contribution >= 4 is 27.5 Å². The molecule has 3 heteroatoms. The van der Waals surface area contributed by atoms with Gasteiger partial charge in [-0.3, -0.25) is 0 Å². The van der Waals surface area contributed by atoms with Crippen LogP contribution < -0.4 is 0 Å². The number of benzene rings is 1. The quantitative estimate of drug-likeness (QED) is 0.676. The van der Waals surface area contributed by atoms with Gasteiger partial charge in [0.2, 0.25) is 0 Å². The van der Waals surface area contributed by atoms with Crippen LogP contribution in [0.25, 0.3) is 0 Å². The molecule has 0 N–H and O–H groups in total. The van der Waals surface area contributed by atoms with Crippen LogP contribution in [0.3, 0.4) is 0 Å². The molecule has 1 saturated carbocycles. The second-order valence-corrected chi connectivity index (χ2v) is 6.74. The molecule has 2 rings (SSSR count). The first-order chi connectivity index (χ1) is 7.50. The summed E-state index contributed by atoms with van der Waals surface area (Å²) in [5, 5.41) is 0.231. The highest BCUT2D eigenvalue weighted by atomic mass is 79.9. The minimum absolute atomic E-state index is 0.208. The highest BCUT2D eigenvalue weighted by Gasteiger charge is 2.34. The molecule has 0 radical (unpaired) electrons. The van der Waals surface area contributed by atoms with E-state index in [9.17, 15) is 4.39 Å². The molecule has 2 unspecified atom stereocenters. The molecule has 1 aliphatic carbocycles. The van der Waals surface area contributed by atoms with Crippen molar-refractivity contribution in [1.82, 2.24) is 0 Å². The van der Waals surface area contributed by atoms with E-state index in [1.807, 2.05) is 12.1 Å². The van der Waals surface area contributed by atoms with E-state index in [-0.39, 0.29) is 16.3 Å². The van der Waals surface area contributed by atoms with Gasteiger partial charge < -0.3 is 0 Å². The summed E-state index contributed by atoms with van der Waals surface area (Å²) in [5.41, 5.74) is 0.955. The third-order valence-corrected chi connectivity index (χ3v) is 4.50. The van der Waals surface area contributed by atoms with Crippen LogP contribution in [0.4, 0.5) is 4.39 Å². The summed E-state index contributed by atoms with van der Waals surface area (Å²) < 4.78 is 13.8. The molecule has 0 saturated heterocycles. The Hall–Kier alpha value is -0.0800. The van der Waals surface area contributed by atoms with Crippen LogP contribution in [0.5, 0.6) is 0 Å². The van der Waals surface area contributed by atoms with Crippen LogP contribution in [0.2, 0.25) is 5.02 Å². The average Bonchev–Trinajstić information content (AvgIpc) is 2.54. The standard InChI is InChI=1S/C13H15BrClF/c1-13(6-5-10(14)8-13)7-9-3-2-4-11(15)12(9)16/h2-4,10H,5-8H2,1H3. The van der Waals surface area contributed by atoms with Gasteiger partial charge >= 0.3 is 0 Å². The topological polar surface area (TPSA) is 0 Å². The van der Waals surface area contributed by atoms with Crippen LogP contribution in [0.15, 0.2) is 18.2 Å². The molecular formula is C13H15BrClF. The molecule has 0 aromatic heterocycles. The van der Waals surface area contributed by atoms with E-state index in [2.05, 4.69) is 22.9 Å². The normalized spacial score (nSPS) is 29.6. The SMILES string of the molecule is CC1(Cc2cccc(Cl)c2F)CCC(Br)C1. The molecule has 1 aromatic rings. The third-order valence-electron chi connectivity index (χ3n) is 3.42. The molecule has 2 atom stereocenters. The molecule has 0 bridgehead atoms. The molecule has 1 aliphatic rings. The summed E-state index contributed by atoms with van der Waals surface area (Å²) in [6.07, 6.45) is 4.22. The fourth-order valence-electron chi connectivity index (χ4n) is 2.55. The lowest BCUT2D eigenvalue weighted by Gasteiger charge is -2.24. The van der Waals surface area contributed by atoms with Gasteiger partial charge in [0.25, 0.3) is 0 Å². The highest BCUT2D eigenvalue weighted by Crippen LogP contribution is 2.44. The lowest BCUT2D eigenvalue weighted by atomic mass is 9.82. The molecule has 0 aliphatic heterocycles. The van der Waals surface area contributed by atoms with E-state index in [0.717, 1.165) is 24.8 Å². The average molecular weight is 306 g/mol. The van der Waals surface area contributed by atoms with E-state index in [1.165, 1.54) is 6.42 Å².